The molecule has 1 aliphatic rings. The second-order valence-electron chi connectivity index (χ2n) is 4.59. The second-order valence-corrected chi connectivity index (χ2v) is 4.95. The Kier molecular flexibility index (Phi) is 4.74. The quantitative estimate of drug-likeness (QED) is 0.806. The minimum atomic E-state index is -0.157. The zero-order chi connectivity index (χ0) is 13.0. The molecule has 0 amide bonds. The van der Waals surface area contributed by atoms with E-state index in [0.29, 0.717) is 16.6 Å². The highest BCUT2D eigenvalue weighted by Gasteiger charge is 2.23. The van der Waals surface area contributed by atoms with Gasteiger partial charge in [-0.3, -0.25) is 0 Å². The molecule has 2 heterocycles. The van der Waals surface area contributed by atoms with Gasteiger partial charge >= 0.3 is 0 Å². The number of hydrogen-bond acceptors (Lipinski definition) is 5. The number of nitrogens with zero attached hydrogens (tertiary/aromatic N) is 3. The van der Waals surface area contributed by atoms with Crippen molar-refractivity contribution in [2.24, 2.45) is 5.92 Å². The molecule has 1 aromatic rings. The number of halogens is 1. The maximum atomic E-state index is 9.37. The molecule has 1 unspecified atom stereocenters. The SMILES string of the molecule is OCCC1CCCN(c2ncnc(Cl)c2CO)C1. The van der Waals surface area contributed by atoms with Crippen LogP contribution in [0.15, 0.2) is 6.33 Å². The lowest BCUT2D eigenvalue weighted by molar-refractivity contribution is 0.243. The third kappa shape index (κ3) is 2.91. The number of hydrogen-bond donors (Lipinski definition) is 2. The average Bonchev–Trinajstić information content (AvgIpc) is 2.39. The third-order valence-corrected chi connectivity index (χ3v) is 3.71. The molecule has 0 spiro atoms. The lowest BCUT2D eigenvalue weighted by atomic mass is 9.95. The highest BCUT2D eigenvalue weighted by atomic mass is 35.5. The Morgan fingerprint density at radius 3 is 2.94 bits per heavy atom. The first kappa shape index (κ1) is 13.5. The van der Waals surface area contributed by atoms with Gasteiger partial charge in [0.1, 0.15) is 17.3 Å². The van der Waals surface area contributed by atoms with Crippen molar-refractivity contribution in [1.82, 2.24) is 9.97 Å². The van der Waals surface area contributed by atoms with Gasteiger partial charge in [-0.05, 0) is 25.2 Å². The van der Waals surface area contributed by atoms with Crippen molar-refractivity contribution in [2.45, 2.75) is 25.9 Å². The van der Waals surface area contributed by atoms with E-state index in [1.54, 1.807) is 0 Å². The van der Waals surface area contributed by atoms with E-state index in [1.807, 2.05) is 0 Å². The van der Waals surface area contributed by atoms with Gasteiger partial charge in [0.2, 0.25) is 0 Å². The summed E-state index contributed by atoms with van der Waals surface area (Å²) in [5.41, 5.74) is 0.587. The first-order chi connectivity index (χ1) is 8.76. The van der Waals surface area contributed by atoms with E-state index < -0.39 is 0 Å². The van der Waals surface area contributed by atoms with Crippen LogP contribution in [-0.4, -0.2) is 39.9 Å². The first-order valence-corrected chi connectivity index (χ1v) is 6.60. The molecule has 0 aromatic carbocycles. The summed E-state index contributed by atoms with van der Waals surface area (Å²) in [5, 5.41) is 18.7. The van der Waals surface area contributed by atoms with Crippen molar-refractivity contribution in [2.75, 3.05) is 24.6 Å². The van der Waals surface area contributed by atoms with Crippen molar-refractivity contribution < 1.29 is 10.2 Å². The molecule has 2 rings (SSSR count). The van der Waals surface area contributed by atoms with E-state index in [9.17, 15) is 5.11 Å². The monoisotopic (exact) mass is 271 g/mol. The van der Waals surface area contributed by atoms with Crippen LogP contribution in [0.3, 0.4) is 0 Å². The smallest absolute Gasteiger partial charge is 0.140 e. The summed E-state index contributed by atoms with van der Waals surface area (Å²) in [4.78, 5) is 10.3. The van der Waals surface area contributed by atoms with Crippen LogP contribution in [-0.2, 0) is 6.61 Å². The molecule has 1 aliphatic heterocycles. The average molecular weight is 272 g/mol. The zero-order valence-electron chi connectivity index (χ0n) is 10.2. The molecule has 2 N–H and O–H groups in total. The molecule has 100 valence electrons. The predicted molar refractivity (Wildman–Crippen MR) is 69.6 cm³/mol. The highest BCUT2D eigenvalue weighted by Crippen LogP contribution is 2.28. The van der Waals surface area contributed by atoms with Crippen LogP contribution < -0.4 is 4.90 Å². The van der Waals surface area contributed by atoms with E-state index in [1.165, 1.54) is 6.33 Å². The Morgan fingerprint density at radius 2 is 2.22 bits per heavy atom. The second kappa shape index (κ2) is 6.31. The number of aliphatic hydroxyl groups is 2. The molecular weight excluding hydrogens is 254 g/mol. The molecule has 1 atom stereocenters. The maximum absolute atomic E-state index is 9.37. The van der Waals surface area contributed by atoms with Gasteiger partial charge in [-0.25, -0.2) is 9.97 Å². The molecule has 0 bridgehead atoms. The number of piperidine rings is 1. The van der Waals surface area contributed by atoms with Gasteiger partial charge in [0.15, 0.2) is 0 Å². The van der Waals surface area contributed by atoms with Gasteiger partial charge in [0, 0.05) is 19.7 Å². The molecular formula is C12H18ClN3O2. The fourth-order valence-corrected chi connectivity index (χ4v) is 2.65. The Balaban J connectivity index is 2.18. The number of aromatic nitrogens is 2. The van der Waals surface area contributed by atoms with Gasteiger partial charge in [-0.15, -0.1) is 0 Å². The molecule has 0 aliphatic carbocycles. The normalized spacial score (nSPS) is 20.2. The van der Waals surface area contributed by atoms with E-state index in [-0.39, 0.29) is 13.2 Å². The minimum Gasteiger partial charge on any atom is -0.396 e. The molecule has 18 heavy (non-hydrogen) atoms. The Bertz CT molecular complexity index is 401. The largest absolute Gasteiger partial charge is 0.396 e. The Labute approximate surface area is 111 Å². The summed E-state index contributed by atoms with van der Waals surface area (Å²) >= 11 is 5.97. The van der Waals surface area contributed by atoms with Crippen LogP contribution >= 0.6 is 11.6 Å². The van der Waals surface area contributed by atoms with Crippen molar-refractivity contribution in [3.63, 3.8) is 0 Å². The van der Waals surface area contributed by atoms with Crippen LogP contribution in [0.4, 0.5) is 5.82 Å². The lowest BCUT2D eigenvalue weighted by Gasteiger charge is -2.34. The lowest BCUT2D eigenvalue weighted by Crippen LogP contribution is -2.37. The van der Waals surface area contributed by atoms with Crippen molar-refractivity contribution in [3.8, 4) is 0 Å². The van der Waals surface area contributed by atoms with Gasteiger partial charge in [-0.1, -0.05) is 11.6 Å². The topological polar surface area (TPSA) is 69.5 Å². The third-order valence-electron chi connectivity index (χ3n) is 3.38. The van der Waals surface area contributed by atoms with E-state index in [4.69, 9.17) is 16.7 Å². The molecule has 0 saturated carbocycles. The van der Waals surface area contributed by atoms with Gasteiger partial charge < -0.3 is 15.1 Å². The van der Waals surface area contributed by atoms with Gasteiger partial charge in [-0.2, -0.15) is 0 Å². The van der Waals surface area contributed by atoms with E-state index in [0.717, 1.165) is 38.2 Å². The van der Waals surface area contributed by atoms with Gasteiger partial charge in [0.05, 0.1) is 12.2 Å². The summed E-state index contributed by atoms with van der Waals surface area (Å²) in [7, 11) is 0. The van der Waals surface area contributed by atoms with Crippen molar-refractivity contribution in [1.29, 1.82) is 0 Å². The Hall–Kier alpha value is -0.910. The maximum Gasteiger partial charge on any atom is 0.140 e. The molecule has 5 nitrogen and oxygen atoms in total. The molecule has 6 heteroatoms. The van der Waals surface area contributed by atoms with E-state index >= 15 is 0 Å². The van der Waals surface area contributed by atoms with Crippen molar-refractivity contribution >= 4 is 17.4 Å². The van der Waals surface area contributed by atoms with Crippen LogP contribution in [0.2, 0.25) is 5.15 Å². The summed E-state index contributed by atoms with van der Waals surface area (Å²) < 4.78 is 0. The zero-order valence-corrected chi connectivity index (χ0v) is 11.0. The fourth-order valence-electron chi connectivity index (χ4n) is 2.47. The molecule has 1 fully saturated rings. The first-order valence-electron chi connectivity index (χ1n) is 6.22. The van der Waals surface area contributed by atoms with Crippen LogP contribution in [0, 0.1) is 5.92 Å². The molecule has 0 radical (unpaired) electrons. The Morgan fingerprint density at radius 1 is 1.39 bits per heavy atom. The van der Waals surface area contributed by atoms with Crippen molar-refractivity contribution in [3.05, 3.63) is 17.0 Å². The molecule has 1 aromatic heterocycles. The standard InChI is InChI=1S/C12H18ClN3O2/c13-11-10(7-18)12(15-8-14-11)16-4-1-2-9(6-16)3-5-17/h8-9,17-18H,1-7H2. The molecule has 1 saturated heterocycles. The number of anilines is 1. The van der Waals surface area contributed by atoms with E-state index in [2.05, 4.69) is 14.9 Å². The minimum absolute atomic E-state index is 0.157. The highest BCUT2D eigenvalue weighted by molar-refractivity contribution is 6.30. The van der Waals surface area contributed by atoms with Crippen LogP contribution in [0.1, 0.15) is 24.8 Å². The summed E-state index contributed by atoms with van der Waals surface area (Å²) in [6, 6.07) is 0. The number of aliphatic hydroxyl groups excluding tert-OH is 2. The van der Waals surface area contributed by atoms with Gasteiger partial charge in [0.25, 0.3) is 0 Å². The summed E-state index contributed by atoms with van der Waals surface area (Å²) in [6.45, 7) is 1.81. The van der Waals surface area contributed by atoms with Crippen LogP contribution in [0.5, 0.6) is 0 Å². The number of rotatable bonds is 4. The summed E-state index contributed by atoms with van der Waals surface area (Å²) in [6.07, 6.45) is 4.43. The fraction of sp³-hybridized carbons (Fsp3) is 0.667. The summed E-state index contributed by atoms with van der Waals surface area (Å²) in [5.74, 6) is 1.20. The van der Waals surface area contributed by atoms with Crippen LogP contribution in [0.25, 0.3) is 0 Å². The predicted octanol–water partition coefficient (Wildman–Crippen LogP) is 1.22.